The van der Waals surface area contributed by atoms with Gasteiger partial charge in [0.25, 0.3) is 0 Å². The van der Waals surface area contributed by atoms with Crippen LogP contribution in [0.3, 0.4) is 0 Å². The molecule has 1 radical (unpaired) electrons. The summed E-state index contributed by atoms with van der Waals surface area (Å²) in [5.41, 5.74) is 6.47. The second kappa shape index (κ2) is 7.09. The van der Waals surface area contributed by atoms with Crippen molar-refractivity contribution >= 4 is 0 Å². The number of aryl methyl sites for hydroxylation is 1. The van der Waals surface area contributed by atoms with E-state index in [9.17, 15) is 0 Å². The van der Waals surface area contributed by atoms with E-state index in [-0.39, 0.29) is 0 Å². The molecule has 0 fully saturated rings. The molecule has 0 aromatic heterocycles. The van der Waals surface area contributed by atoms with Crippen molar-refractivity contribution < 1.29 is 0 Å². The van der Waals surface area contributed by atoms with Crippen molar-refractivity contribution in [1.29, 1.82) is 0 Å². The van der Waals surface area contributed by atoms with E-state index in [1.165, 1.54) is 47.1 Å². The highest BCUT2D eigenvalue weighted by molar-refractivity contribution is 5.70. The van der Waals surface area contributed by atoms with Crippen molar-refractivity contribution in [3.8, 4) is 22.3 Å². The van der Waals surface area contributed by atoms with Crippen LogP contribution < -0.4 is 0 Å². The van der Waals surface area contributed by atoms with Gasteiger partial charge in [0.1, 0.15) is 0 Å². The first-order chi connectivity index (χ1) is 10.9. The summed E-state index contributed by atoms with van der Waals surface area (Å²) in [7, 11) is 0. The number of unbranched alkanes of at least 4 members (excludes halogenated alkanes) is 1. The predicted octanol–water partition coefficient (Wildman–Crippen LogP) is 6.16. The molecule has 3 rings (SSSR count). The zero-order valence-electron chi connectivity index (χ0n) is 13.0. The van der Waals surface area contributed by atoms with Crippen molar-refractivity contribution in [1.82, 2.24) is 0 Å². The Kier molecular flexibility index (Phi) is 4.70. The van der Waals surface area contributed by atoms with Gasteiger partial charge in [0.05, 0.1) is 0 Å². The molecular weight excluding hydrogens is 264 g/mol. The van der Waals surface area contributed by atoms with Crippen LogP contribution >= 0.6 is 0 Å². The van der Waals surface area contributed by atoms with E-state index in [1.807, 2.05) is 12.1 Å². The zero-order valence-corrected chi connectivity index (χ0v) is 13.0. The molecule has 0 aliphatic carbocycles. The summed E-state index contributed by atoms with van der Waals surface area (Å²) in [5, 5.41) is 0. The van der Waals surface area contributed by atoms with Gasteiger partial charge in [-0.1, -0.05) is 86.1 Å². The number of hydrogen-bond acceptors (Lipinski definition) is 0. The minimum absolute atomic E-state index is 1.18. The lowest BCUT2D eigenvalue weighted by molar-refractivity contribution is 0.795. The molecule has 0 heteroatoms. The lowest BCUT2D eigenvalue weighted by atomic mass is 9.99. The fourth-order valence-corrected chi connectivity index (χ4v) is 2.68. The molecule has 3 aromatic carbocycles. The molecular formula is C22H21. The normalized spacial score (nSPS) is 10.6. The van der Waals surface area contributed by atoms with E-state index in [4.69, 9.17) is 0 Å². The minimum atomic E-state index is 1.18. The first kappa shape index (κ1) is 14.6. The highest BCUT2D eigenvalue weighted by atomic mass is 14.1. The third-order valence-corrected chi connectivity index (χ3v) is 4.04. The predicted molar refractivity (Wildman–Crippen MR) is 94.8 cm³/mol. The average Bonchev–Trinajstić information content (AvgIpc) is 2.61. The van der Waals surface area contributed by atoms with Gasteiger partial charge >= 0.3 is 0 Å². The molecule has 22 heavy (non-hydrogen) atoms. The molecule has 0 aliphatic heterocycles. The van der Waals surface area contributed by atoms with Crippen LogP contribution in [0.15, 0.2) is 72.8 Å². The van der Waals surface area contributed by atoms with Crippen molar-refractivity contribution in [2.45, 2.75) is 26.2 Å². The van der Waals surface area contributed by atoms with Crippen LogP contribution in [0, 0.1) is 6.07 Å². The van der Waals surface area contributed by atoms with Gasteiger partial charge in [-0.2, -0.15) is 0 Å². The largest absolute Gasteiger partial charge is 0.0654 e. The van der Waals surface area contributed by atoms with Gasteiger partial charge in [-0.05, 0) is 46.7 Å². The van der Waals surface area contributed by atoms with E-state index < -0.39 is 0 Å². The van der Waals surface area contributed by atoms with E-state index >= 15 is 0 Å². The van der Waals surface area contributed by atoms with Gasteiger partial charge in [-0.3, -0.25) is 0 Å². The number of benzene rings is 3. The summed E-state index contributed by atoms with van der Waals surface area (Å²) >= 11 is 0. The first-order valence-corrected chi connectivity index (χ1v) is 8.02. The lowest BCUT2D eigenvalue weighted by Gasteiger charge is -2.06. The number of hydrogen-bond donors (Lipinski definition) is 0. The van der Waals surface area contributed by atoms with Gasteiger partial charge < -0.3 is 0 Å². The Morgan fingerprint density at radius 1 is 0.636 bits per heavy atom. The van der Waals surface area contributed by atoms with Gasteiger partial charge in [-0.25, -0.2) is 0 Å². The second-order valence-corrected chi connectivity index (χ2v) is 5.67. The molecule has 0 bridgehead atoms. The van der Waals surface area contributed by atoms with Gasteiger partial charge in [0, 0.05) is 0 Å². The molecule has 0 amide bonds. The maximum atomic E-state index is 3.06. The smallest absolute Gasteiger partial charge is 0.0184 e. The summed E-state index contributed by atoms with van der Waals surface area (Å²) in [6.07, 6.45) is 3.70. The quantitative estimate of drug-likeness (QED) is 0.526. The van der Waals surface area contributed by atoms with Crippen LogP contribution in [0.2, 0.25) is 0 Å². The van der Waals surface area contributed by atoms with Gasteiger partial charge in [0.2, 0.25) is 0 Å². The van der Waals surface area contributed by atoms with Crippen molar-refractivity contribution in [2.24, 2.45) is 0 Å². The van der Waals surface area contributed by atoms with E-state index in [2.05, 4.69) is 73.7 Å². The van der Waals surface area contributed by atoms with Crippen LogP contribution in [0.4, 0.5) is 0 Å². The minimum Gasteiger partial charge on any atom is -0.0654 e. The summed E-state index contributed by atoms with van der Waals surface area (Å²) in [4.78, 5) is 0. The molecule has 0 unspecified atom stereocenters. The van der Waals surface area contributed by atoms with Crippen LogP contribution in [-0.2, 0) is 6.42 Å². The fourth-order valence-electron chi connectivity index (χ4n) is 2.68. The highest BCUT2D eigenvalue weighted by Gasteiger charge is 2.00. The van der Waals surface area contributed by atoms with Crippen LogP contribution in [0.5, 0.6) is 0 Å². The second-order valence-electron chi connectivity index (χ2n) is 5.67. The Morgan fingerprint density at radius 3 is 1.59 bits per heavy atom. The van der Waals surface area contributed by atoms with E-state index in [0.717, 1.165) is 0 Å². The average molecular weight is 285 g/mol. The third-order valence-electron chi connectivity index (χ3n) is 4.04. The van der Waals surface area contributed by atoms with Crippen LogP contribution in [0.1, 0.15) is 25.3 Å². The van der Waals surface area contributed by atoms with Crippen molar-refractivity contribution in [3.63, 3.8) is 0 Å². The third kappa shape index (κ3) is 3.46. The Bertz CT molecular complexity index is 691. The van der Waals surface area contributed by atoms with Crippen LogP contribution in [0.25, 0.3) is 22.3 Å². The van der Waals surface area contributed by atoms with Crippen molar-refractivity contribution in [2.75, 3.05) is 0 Å². The lowest BCUT2D eigenvalue weighted by Crippen LogP contribution is -1.85. The van der Waals surface area contributed by atoms with Gasteiger partial charge in [0.15, 0.2) is 0 Å². The number of rotatable bonds is 5. The summed E-state index contributed by atoms with van der Waals surface area (Å²) < 4.78 is 0. The van der Waals surface area contributed by atoms with Gasteiger partial charge in [-0.15, -0.1) is 0 Å². The standard InChI is InChI=1S/C22H21/c1-2-3-7-18-10-12-20(13-11-18)22-16-14-21(15-17-22)19-8-5-4-6-9-19/h5-6,8-17H,2-3,7H2,1H3. The summed E-state index contributed by atoms with van der Waals surface area (Å²) in [6, 6.07) is 28.9. The fraction of sp³-hybridized carbons (Fsp3) is 0.182. The molecule has 0 atom stereocenters. The molecule has 0 saturated carbocycles. The molecule has 0 spiro atoms. The maximum Gasteiger partial charge on any atom is -0.0184 e. The molecule has 0 saturated heterocycles. The Hall–Kier alpha value is -2.34. The van der Waals surface area contributed by atoms with E-state index in [0.29, 0.717) is 0 Å². The van der Waals surface area contributed by atoms with Crippen LogP contribution in [-0.4, -0.2) is 0 Å². The molecule has 0 heterocycles. The molecule has 0 aliphatic rings. The molecule has 0 nitrogen and oxygen atoms in total. The van der Waals surface area contributed by atoms with E-state index in [1.54, 1.807) is 0 Å². The maximum absolute atomic E-state index is 3.06. The Balaban J connectivity index is 1.78. The Morgan fingerprint density at radius 2 is 1.09 bits per heavy atom. The SMILES string of the molecule is CCCCc1ccc(-c2ccc(-c3cc[c]cc3)cc2)cc1. The monoisotopic (exact) mass is 285 g/mol. The zero-order chi connectivity index (χ0) is 15.2. The molecule has 0 N–H and O–H groups in total. The summed E-state index contributed by atoms with van der Waals surface area (Å²) in [6.45, 7) is 2.24. The topological polar surface area (TPSA) is 0 Å². The summed E-state index contributed by atoms with van der Waals surface area (Å²) in [5.74, 6) is 0. The molecule has 109 valence electrons. The first-order valence-electron chi connectivity index (χ1n) is 8.02. The molecule has 3 aromatic rings. The van der Waals surface area contributed by atoms with Crippen molar-refractivity contribution in [3.05, 3.63) is 84.4 Å². The Labute approximate surface area is 133 Å². The highest BCUT2D eigenvalue weighted by Crippen LogP contribution is 2.25.